The summed E-state index contributed by atoms with van der Waals surface area (Å²) in [6.07, 6.45) is 0. The first-order chi connectivity index (χ1) is 15.7. The van der Waals surface area contributed by atoms with Crippen LogP contribution in [0, 0.1) is 0 Å². The number of carbonyl (C=O) groups is 2. The van der Waals surface area contributed by atoms with E-state index in [9.17, 15) is 9.59 Å². The molecule has 1 aromatic heterocycles. The molecular formula is C27H23NO3S. The first kappa shape index (κ1) is 21.5. The van der Waals surface area contributed by atoms with Crippen LogP contribution in [0.4, 0.5) is 5.00 Å². The Hall–Kier alpha value is -3.70. The largest absolute Gasteiger partial charge is 0.462 e. The lowest BCUT2D eigenvalue weighted by Crippen LogP contribution is -2.23. The van der Waals surface area contributed by atoms with Crippen molar-refractivity contribution in [1.29, 1.82) is 0 Å². The minimum Gasteiger partial charge on any atom is -0.462 e. The predicted molar refractivity (Wildman–Crippen MR) is 129 cm³/mol. The summed E-state index contributed by atoms with van der Waals surface area (Å²) in [6.45, 7) is 2.03. The maximum Gasteiger partial charge on any atom is 0.341 e. The molecule has 1 amide bonds. The molecule has 160 valence electrons. The number of benzene rings is 3. The molecule has 0 spiro atoms. The smallest absolute Gasteiger partial charge is 0.341 e. The number of hydrogen-bond donors (Lipinski definition) is 1. The number of rotatable bonds is 7. The summed E-state index contributed by atoms with van der Waals surface area (Å²) in [5.41, 5.74) is 3.80. The third-order valence-electron chi connectivity index (χ3n) is 5.12. The van der Waals surface area contributed by atoms with E-state index in [4.69, 9.17) is 4.74 Å². The van der Waals surface area contributed by atoms with Gasteiger partial charge in [-0.15, -0.1) is 11.3 Å². The first-order valence-corrected chi connectivity index (χ1v) is 11.3. The molecule has 0 aliphatic carbocycles. The van der Waals surface area contributed by atoms with Crippen LogP contribution < -0.4 is 5.32 Å². The molecule has 1 heterocycles. The number of hydrogen-bond acceptors (Lipinski definition) is 4. The van der Waals surface area contributed by atoms with Gasteiger partial charge in [0, 0.05) is 10.9 Å². The minimum absolute atomic E-state index is 0.200. The van der Waals surface area contributed by atoms with E-state index in [1.165, 1.54) is 11.3 Å². The van der Waals surface area contributed by atoms with Crippen molar-refractivity contribution in [2.75, 3.05) is 11.9 Å². The van der Waals surface area contributed by atoms with Gasteiger partial charge in [0.2, 0.25) is 5.91 Å². The van der Waals surface area contributed by atoms with Crippen LogP contribution in [0.25, 0.3) is 11.1 Å². The van der Waals surface area contributed by atoms with Gasteiger partial charge in [0.15, 0.2) is 0 Å². The molecular weight excluding hydrogens is 418 g/mol. The lowest BCUT2D eigenvalue weighted by Gasteiger charge is -2.18. The second-order valence-corrected chi connectivity index (χ2v) is 8.06. The summed E-state index contributed by atoms with van der Waals surface area (Å²) in [6, 6.07) is 28.9. The van der Waals surface area contributed by atoms with Crippen molar-refractivity contribution in [1.82, 2.24) is 0 Å². The van der Waals surface area contributed by atoms with Crippen molar-refractivity contribution < 1.29 is 14.3 Å². The van der Waals surface area contributed by atoms with Gasteiger partial charge in [0.05, 0.1) is 12.5 Å². The van der Waals surface area contributed by atoms with E-state index in [0.717, 1.165) is 22.3 Å². The molecule has 4 nitrogen and oxygen atoms in total. The molecule has 0 unspecified atom stereocenters. The zero-order chi connectivity index (χ0) is 22.3. The molecule has 4 rings (SSSR count). The Labute approximate surface area is 191 Å². The minimum atomic E-state index is -0.505. The van der Waals surface area contributed by atoms with Gasteiger partial charge in [-0.1, -0.05) is 91.0 Å². The van der Waals surface area contributed by atoms with Crippen LogP contribution in [-0.4, -0.2) is 18.5 Å². The fourth-order valence-corrected chi connectivity index (χ4v) is 4.62. The van der Waals surface area contributed by atoms with E-state index in [0.29, 0.717) is 10.6 Å². The summed E-state index contributed by atoms with van der Waals surface area (Å²) in [5.74, 6) is -1.15. The Bertz CT molecular complexity index is 1150. The zero-order valence-electron chi connectivity index (χ0n) is 17.7. The van der Waals surface area contributed by atoms with E-state index in [2.05, 4.69) is 5.32 Å². The number of esters is 1. The molecule has 4 aromatic rings. The average molecular weight is 442 g/mol. The van der Waals surface area contributed by atoms with Gasteiger partial charge in [-0.05, 0) is 23.6 Å². The van der Waals surface area contributed by atoms with E-state index in [1.807, 2.05) is 96.4 Å². The Morgan fingerprint density at radius 2 is 1.38 bits per heavy atom. The van der Waals surface area contributed by atoms with E-state index < -0.39 is 11.9 Å². The molecule has 0 aliphatic rings. The van der Waals surface area contributed by atoms with Crippen molar-refractivity contribution in [3.8, 4) is 11.1 Å². The van der Waals surface area contributed by atoms with Crippen molar-refractivity contribution in [2.45, 2.75) is 12.8 Å². The SMILES string of the molecule is CCOC(=O)c1c(-c2ccccc2)csc1NC(=O)C(c1ccccc1)c1ccccc1. The van der Waals surface area contributed by atoms with Crippen LogP contribution in [0.5, 0.6) is 0 Å². The molecule has 0 atom stereocenters. The molecule has 32 heavy (non-hydrogen) atoms. The summed E-state index contributed by atoms with van der Waals surface area (Å²) in [4.78, 5) is 26.4. The summed E-state index contributed by atoms with van der Waals surface area (Å²) in [5, 5.41) is 5.39. The number of amides is 1. The highest BCUT2D eigenvalue weighted by Crippen LogP contribution is 2.37. The zero-order valence-corrected chi connectivity index (χ0v) is 18.5. The molecule has 0 fully saturated rings. The van der Waals surface area contributed by atoms with Crippen LogP contribution in [0.15, 0.2) is 96.4 Å². The van der Waals surface area contributed by atoms with E-state index in [-0.39, 0.29) is 12.5 Å². The molecule has 3 aromatic carbocycles. The molecule has 0 saturated carbocycles. The first-order valence-electron chi connectivity index (χ1n) is 10.4. The van der Waals surface area contributed by atoms with Crippen LogP contribution in [0.3, 0.4) is 0 Å². The molecule has 5 heteroatoms. The molecule has 0 bridgehead atoms. The van der Waals surface area contributed by atoms with E-state index in [1.54, 1.807) is 6.92 Å². The lowest BCUT2D eigenvalue weighted by atomic mass is 9.90. The second kappa shape index (κ2) is 10.1. The number of carbonyl (C=O) groups excluding carboxylic acids is 2. The monoisotopic (exact) mass is 441 g/mol. The number of thiophene rings is 1. The van der Waals surface area contributed by atoms with Gasteiger partial charge >= 0.3 is 5.97 Å². The van der Waals surface area contributed by atoms with Crippen molar-refractivity contribution in [3.63, 3.8) is 0 Å². The van der Waals surface area contributed by atoms with Crippen LogP contribution in [0.1, 0.15) is 34.3 Å². The molecule has 1 N–H and O–H groups in total. The van der Waals surface area contributed by atoms with Crippen molar-refractivity contribution >= 4 is 28.2 Å². The quantitative estimate of drug-likeness (QED) is 0.339. The predicted octanol–water partition coefficient (Wildman–Crippen LogP) is 6.36. The molecule has 0 saturated heterocycles. The Morgan fingerprint density at radius 1 is 0.844 bits per heavy atom. The second-order valence-electron chi connectivity index (χ2n) is 7.18. The van der Waals surface area contributed by atoms with Gasteiger partial charge in [-0.2, -0.15) is 0 Å². The van der Waals surface area contributed by atoms with Gasteiger partial charge in [0.1, 0.15) is 10.6 Å². The van der Waals surface area contributed by atoms with Gasteiger partial charge in [-0.3, -0.25) is 4.79 Å². The highest BCUT2D eigenvalue weighted by Gasteiger charge is 2.27. The highest BCUT2D eigenvalue weighted by atomic mass is 32.1. The van der Waals surface area contributed by atoms with Crippen LogP contribution in [0.2, 0.25) is 0 Å². The topological polar surface area (TPSA) is 55.4 Å². The van der Waals surface area contributed by atoms with Crippen LogP contribution >= 0.6 is 11.3 Å². The van der Waals surface area contributed by atoms with E-state index >= 15 is 0 Å². The maximum absolute atomic E-state index is 13.5. The standard InChI is InChI=1S/C27H23NO3S/c1-2-31-27(30)24-22(19-12-6-3-7-13-19)18-32-26(24)28-25(29)23(20-14-8-4-9-15-20)21-16-10-5-11-17-21/h3-18,23H,2H2,1H3,(H,28,29). The molecule has 0 aliphatic heterocycles. The fraction of sp³-hybridized carbons (Fsp3) is 0.111. The van der Waals surface area contributed by atoms with Crippen LogP contribution in [-0.2, 0) is 9.53 Å². The summed E-state index contributed by atoms with van der Waals surface area (Å²) < 4.78 is 5.32. The Balaban J connectivity index is 1.73. The maximum atomic E-state index is 13.5. The number of anilines is 1. The highest BCUT2D eigenvalue weighted by molar-refractivity contribution is 7.15. The fourth-order valence-electron chi connectivity index (χ4n) is 3.66. The van der Waals surface area contributed by atoms with Crippen molar-refractivity contribution in [3.05, 3.63) is 113 Å². The van der Waals surface area contributed by atoms with Crippen molar-refractivity contribution in [2.24, 2.45) is 0 Å². The Morgan fingerprint density at radius 3 is 1.91 bits per heavy atom. The van der Waals surface area contributed by atoms with Gasteiger partial charge in [-0.25, -0.2) is 4.79 Å². The van der Waals surface area contributed by atoms with Gasteiger partial charge < -0.3 is 10.1 Å². The number of nitrogens with one attached hydrogen (secondary N) is 1. The lowest BCUT2D eigenvalue weighted by molar-refractivity contribution is -0.116. The molecule has 0 radical (unpaired) electrons. The van der Waals surface area contributed by atoms with Gasteiger partial charge in [0.25, 0.3) is 0 Å². The third-order valence-corrected chi connectivity index (χ3v) is 6.02. The average Bonchev–Trinajstić information content (AvgIpc) is 3.25. The summed E-state index contributed by atoms with van der Waals surface area (Å²) >= 11 is 1.33. The normalized spacial score (nSPS) is 10.7. The number of ether oxygens (including phenoxy) is 1. The summed E-state index contributed by atoms with van der Waals surface area (Å²) in [7, 11) is 0. The Kier molecular flexibility index (Phi) is 6.78. The third kappa shape index (κ3) is 4.63.